The van der Waals surface area contributed by atoms with Crippen molar-refractivity contribution in [3.63, 3.8) is 0 Å². The number of aryl methyl sites for hydroxylation is 2. The number of nitrogens with zero attached hydrogens (tertiary/aromatic N) is 3. The number of anilines is 1. The van der Waals surface area contributed by atoms with Gasteiger partial charge in [-0.2, -0.15) is 0 Å². The van der Waals surface area contributed by atoms with Crippen molar-refractivity contribution in [1.29, 1.82) is 0 Å². The van der Waals surface area contributed by atoms with Gasteiger partial charge in [-0.05, 0) is 25.5 Å². The minimum Gasteiger partial charge on any atom is -0.457 e. The predicted octanol–water partition coefficient (Wildman–Crippen LogP) is 5.69. The zero-order valence-corrected chi connectivity index (χ0v) is 21.0. The molecule has 0 saturated heterocycles. The maximum Gasteiger partial charge on any atom is 0.350 e. The summed E-state index contributed by atoms with van der Waals surface area (Å²) in [6, 6.07) is 21.3. The molecule has 2 aromatic carbocycles. The molecule has 178 valence electrons. The molecular formula is C26H24N4O3S2. The zero-order valence-electron chi connectivity index (χ0n) is 19.4. The Morgan fingerprint density at radius 1 is 0.971 bits per heavy atom. The number of aromatic nitrogens is 3. The molecule has 0 saturated carbocycles. The summed E-state index contributed by atoms with van der Waals surface area (Å²) in [6.07, 6.45) is 0.279. The Hall–Kier alpha value is -3.56. The summed E-state index contributed by atoms with van der Waals surface area (Å²) >= 11 is 2.61. The Labute approximate surface area is 212 Å². The number of thioether (sulfide) groups is 1. The molecule has 4 rings (SSSR count). The Balaban J connectivity index is 1.29. The summed E-state index contributed by atoms with van der Waals surface area (Å²) in [4.78, 5) is 38.6. The Morgan fingerprint density at radius 2 is 1.69 bits per heavy atom. The minimum absolute atomic E-state index is 0.176. The average Bonchev–Trinajstić information content (AvgIpc) is 3.23. The van der Waals surface area contributed by atoms with Crippen LogP contribution in [0.15, 0.2) is 71.8 Å². The lowest BCUT2D eigenvalue weighted by Gasteiger charge is -2.06. The Bertz CT molecular complexity index is 1310. The van der Waals surface area contributed by atoms with E-state index >= 15 is 0 Å². The van der Waals surface area contributed by atoms with Crippen molar-refractivity contribution in [2.75, 3.05) is 11.1 Å². The first-order valence-corrected chi connectivity index (χ1v) is 12.8. The second-order valence-corrected chi connectivity index (χ2v) is 9.76. The number of rotatable bonds is 9. The van der Waals surface area contributed by atoms with Gasteiger partial charge in [0.05, 0.1) is 11.4 Å². The fraction of sp³-hybridized carbons (Fsp3) is 0.192. The van der Waals surface area contributed by atoms with Crippen LogP contribution in [0.3, 0.4) is 0 Å². The van der Waals surface area contributed by atoms with Gasteiger partial charge in [-0.25, -0.2) is 19.7 Å². The van der Waals surface area contributed by atoms with Gasteiger partial charge in [0, 0.05) is 17.7 Å². The van der Waals surface area contributed by atoms with E-state index in [0.29, 0.717) is 27.3 Å². The second-order valence-electron chi connectivity index (χ2n) is 7.65. The normalized spacial score (nSPS) is 10.7. The topological polar surface area (TPSA) is 94.1 Å². The fourth-order valence-corrected chi connectivity index (χ4v) is 4.99. The lowest BCUT2D eigenvalue weighted by molar-refractivity contribution is -0.115. The molecule has 0 atom stereocenters. The molecule has 1 amide bonds. The molecular weight excluding hydrogens is 480 g/mol. The number of amides is 1. The summed E-state index contributed by atoms with van der Waals surface area (Å²) in [5, 5.41) is 3.98. The molecule has 0 aliphatic carbocycles. The van der Waals surface area contributed by atoms with Crippen molar-refractivity contribution >= 4 is 40.1 Å². The van der Waals surface area contributed by atoms with Gasteiger partial charge in [-0.3, -0.25) is 4.79 Å². The summed E-state index contributed by atoms with van der Waals surface area (Å²) in [6.45, 7) is 3.77. The highest BCUT2D eigenvalue weighted by atomic mass is 32.2. The van der Waals surface area contributed by atoms with E-state index < -0.39 is 5.97 Å². The van der Waals surface area contributed by atoms with Gasteiger partial charge < -0.3 is 10.1 Å². The van der Waals surface area contributed by atoms with Gasteiger partial charge in [0.15, 0.2) is 5.13 Å². The molecule has 35 heavy (non-hydrogen) atoms. The smallest absolute Gasteiger partial charge is 0.350 e. The first-order valence-electron chi connectivity index (χ1n) is 11.0. The number of carbonyl (C=O) groups is 2. The van der Waals surface area contributed by atoms with Crippen LogP contribution in [0.25, 0.3) is 11.3 Å². The standard InChI is InChI=1S/C26H24N4O3S2/c1-17-24(25(32)33-16-19-9-5-3-6-10-19)35-26(27-17)30-22(31)13-14-34-23-15-21(28-18(2)29-23)20-11-7-4-8-12-20/h3-12,15H,13-14,16H2,1-2H3,(H,27,30,31). The van der Waals surface area contributed by atoms with Crippen LogP contribution in [-0.2, 0) is 16.1 Å². The lowest BCUT2D eigenvalue weighted by Crippen LogP contribution is -2.12. The number of benzene rings is 2. The van der Waals surface area contributed by atoms with Crippen molar-refractivity contribution in [3.8, 4) is 11.3 Å². The van der Waals surface area contributed by atoms with Gasteiger partial charge in [0.25, 0.3) is 0 Å². The summed E-state index contributed by atoms with van der Waals surface area (Å²) < 4.78 is 5.38. The van der Waals surface area contributed by atoms with Crippen molar-refractivity contribution < 1.29 is 14.3 Å². The third kappa shape index (κ3) is 6.97. The summed E-state index contributed by atoms with van der Waals surface area (Å²) in [5.74, 6) is 0.605. The third-order valence-electron chi connectivity index (χ3n) is 4.90. The molecule has 0 bridgehead atoms. The number of carbonyl (C=O) groups excluding carboxylic acids is 2. The Morgan fingerprint density at radius 3 is 2.43 bits per heavy atom. The van der Waals surface area contributed by atoms with E-state index in [1.807, 2.05) is 73.7 Å². The molecule has 2 aromatic heterocycles. The Kier molecular flexibility index (Phi) is 8.23. The predicted molar refractivity (Wildman–Crippen MR) is 139 cm³/mol. The van der Waals surface area contributed by atoms with Crippen LogP contribution in [0.5, 0.6) is 0 Å². The van der Waals surface area contributed by atoms with Crippen LogP contribution in [0, 0.1) is 13.8 Å². The maximum atomic E-state index is 12.5. The molecule has 0 unspecified atom stereocenters. The quantitative estimate of drug-likeness (QED) is 0.178. The van der Waals surface area contributed by atoms with E-state index in [2.05, 4.69) is 20.3 Å². The molecule has 0 fully saturated rings. The largest absolute Gasteiger partial charge is 0.457 e. The molecule has 0 spiro atoms. The number of esters is 1. The monoisotopic (exact) mass is 504 g/mol. The summed E-state index contributed by atoms with van der Waals surface area (Å²) in [7, 11) is 0. The highest BCUT2D eigenvalue weighted by Crippen LogP contribution is 2.26. The van der Waals surface area contributed by atoms with Crippen molar-refractivity contribution in [1.82, 2.24) is 15.0 Å². The number of hydrogen-bond donors (Lipinski definition) is 1. The minimum atomic E-state index is -0.451. The van der Waals surface area contributed by atoms with Gasteiger partial charge in [0.2, 0.25) is 5.91 Å². The number of hydrogen-bond acceptors (Lipinski definition) is 8. The fourth-order valence-electron chi connectivity index (χ4n) is 3.23. The number of nitrogens with one attached hydrogen (secondary N) is 1. The maximum absolute atomic E-state index is 12.5. The van der Waals surface area contributed by atoms with Crippen molar-refractivity contribution in [2.45, 2.75) is 31.9 Å². The second kappa shape index (κ2) is 11.7. The molecule has 9 heteroatoms. The molecule has 0 aliphatic rings. The first kappa shape index (κ1) is 24.6. The lowest BCUT2D eigenvalue weighted by atomic mass is 10.1. The van der Waals surface area contributed by atoms with E-state index in [4.69, 9.17) is 4.74 Å². The number of ether oxygens (including phenoxy) is 1. The molecule has 0 aliphatic heterocycles. The highest BCUT2D eigenvalue weighted by Gasteiger charge is 2.18. The first-order chi connectivity index (χ1) is 17.0. The van der Waals surface area contributed by atoms with Crippen molar-refractivity contribution in [3.05, 3.63) is 88.7 Å². The summed E-state index contributed by atoms with van der Waals surface area (Å²) in [5.41, 5.74) is 3.32. The average molecular weight is 505 g/mol. The molecule has 1 N–H and O–H groups in total. The van der Waals surface area contributed by atoms with Crippen molar-refractivity contribution in [2.24, 2.45) is 0 Å². The van der Waals surface area contributed by atoms with Crippen LogP contribution >= 0.6 is 23.1 Å². The zero-order chi connectivity index (χ0) is 24.6. The highest BCUT2D eigenvalue weighted by molar-refractivity contribution is 7.99. The van der Waals surface area contributed by atoms with Gasteiger partial charge >= 0.3 is 5.97 Å². The van der Waals surface area contributed by atoms with E-state index in [0.717, 1.165) is 33.2 Å². The van der Waals surface area contributed by atoms with Crippen LogP contribution in [0.4, 0.5) is 5.13 Å². The third-order valence-corrected chi connectivity index (χ3v) is 6.87. The van der Waals surface area contributed by atoms with Crippen LogP contribution in [0.2, 0.25) is 0 Å². The van der Waals surface area contributed by atoms with Crippen LogP contribution in [0.1, 0.15) is 33.2 Å². The van der Waals surface area contributed by atoms with Crippen LogP contribution < -0.4 is 5.32 Å². The van der Waals surface area contributed by atoms with Gasteiger partial charge in [-0.15, -0.1) is 11.8 Å². The van der Waals surface area contributed by atoms with Gasteiger partial charge in [0.1, 0.15) is 22.3 Å². The van der Waals surface area contributed by atoms with E-state index in [-0.39, 0.29) is 18.9 Å². The SMILES string of the molecule is Cc1nc(SCCC(=O)Nc2nc(C)c(C(=O)OCc3ccccc3)s2)cc(-c2ccccc2)n1. The van der Waals surface area contributed by atoms with Crippen LogP contribution in [-0.4, -0.2) is 32.6 Å². The molecule has 2 heterocycles. The van der Waals surface area contributed by atoms with E-state index in [1.165, 1.54) is 11.8 Å². The molecule has 7 nitrogen and oxygen atoms in total. The van der Waals surface area contributed by atoms with E-state index in [1.54, 1.807) is 6.92 Å². The molecule has 4 aromatic rings. The number of thiazole rings is 1. The van der Waals surface area contributed by atoms with Gasteiger partial charge in [-0.1, -0.05) is 72.0 Å². The van der Waals surface area contributed by atoms with E-state index in [9.17, 15) is 9.59 Å². The molecule has 0 radical (unpaired) electrons.